The molecule has 114 valence electrons. The molecule has 2 atom stereocenters. The summed E-state index contributed by atoms with van der Waals surface area (Å²) < 4.78 is 0. The van der Waals surface area contributed by atoms with Gasteiger partial charge in [-0.1, -0.05) is 18.4 Å². The SMILES string of the molecule is C#C[C@]1(O)CCC2=C3CCC4=CC(=O)CCC4=C3CC[C@@]21C. The second-order valence-corrected chi connectivity index (χ2v) is 7.39. The lowest BCUT2D eigenvalue weighted by atomic mass is 9.62. The Kier molecular flexibility index (Phi) is 2.84. The van der Waals surface area contributed by atoms with Crippen molar-refractivity contribution in [3.8, 4) is 12.3 Å². The van der Waals surface area contributed by atoms with E-state index in [2.05, 4.69) is 12.8 Å². The number of ketones is 1. The van der Waals surface area contributed by atoms with Crippen LogP contribution in [0.2, 0.25) is 0 Å². The first-order valence-electron chi connectivity index (χ1n) is 8.37. The van der Waals surface area contributed by atoms with Gasteiger partial charge in [0.2, 0.25) is 0 Å². The van der Waals surface area contributed by atoms with Gasteiger partial charge in [0.25, 0.3) is 0 Å². The average Bonchev–Trinajstić information content (AvgIpc) is 2.79. The Bertz CT molecular complexity index is 712. The van der Waals surface area contributed by atoms with Crippen LogP contribution in [0.5, 0.6) is 0 Å². The number of hydrogen-bond acceptors (Lipinski definition) is 2. The van der Waals surface area contributed by atoms with E-state index in [9.17, 15) is 9.90 Å². The fraction of sp³-hybridized carbons (Fsp3) is 0.550. The molecule has 0 spiro atoms. The molecule has 2 nitrogen and oxygen atoms in total. The minimum atomic E-state index is -0.982. The summed E-state index contributed by atoms with van der Waals surface area (Å²) in [4.78, 5) is 11.7. The van der Waals surface area contributed by atoms with Crippen molar-refractivity contribution < 1.29 is 9.90 Å². The Hall–Kier alpha value is -1.59. The van der Waals surface area contributed by atoms with Crippen molar-refractivity contribution in [2.24, 2.45) is 5.41 Å². The van der Waals surface area contributed by atoms with Crippen molar-refractivity contribution in [2.75, 3.05) is 0 Å². The molecule has 0 aromatic rings. The third-order valence-electron chi connectivity index (χ3n) is 6.51. The first kappa shape index (κ1) is 14.0. The predicted molar refractivity (Wildman–Crippen MR) is 86.0 cm³/mol. The number of allylic oxidation sites excluding steroid dienone is 5. The van der Waals surface area contributed by atoms with E-state index in [0.717, 1.165) is 38.5 Å². The Balaban J connectivity index is 1.88. The maximum atomic E-state index is 11.7. The van der Waals surface area contributed by atoms with Gasteiger partial charge in [-0.2, -0.15) is 0 Å². The number of terminal acetylenes is 1. The fourth-order valence-corrected chi connectivity index (χ4v) is 5.11. The van der Waals surface area contributed by atoms with Crippen LogP contribution in [0.15, 0.2) is 33.9 Å². The van der Waals surface area contributed by atoms with Gasteiger partial charge in [0.05, 0.1) is 0 Å². The smallest absolute Gasteiger partial charge is 0.156 e. The lowest BCUT2D eigenvalue weighted by Gasteiger charge is -2.44. The summed E-state index contributed by atoms with van der Waals surface area (Å²) in [7, 11) is 0. The summed E-state index contributed by atoms with van der Waals surface area (Å²) in [6.45, 7) is 2.15. The molecular weight excluding hydrogens is 272 g/mol. The van der Waals surface area contributed by atoms with Crippen molar-refractivity contribution in [1.82, 2.24) is 0 Å². The van der Waals surface area contributed by atoms with Gasteiger partial charge in [0.15, 0.2) is 5.78 Å². The summed E-state index contributed by atoms with van der Waals surface area (Å²) in [6.07, 6.45) is 14.6. The largest absolute Gasteiger partial charge is 0.377 e. The van der Waals surface area contributed by atoms with Gasteiger partial charge in [0.1, 0.15) is 5.60 Å². The number of fused-ring (bicyclic) bond motifs is 3. The molecule has 1 fully saturated rings. The number of aliphatic hydroxyl groups is 1. The van der Waals surface area contributed by atoms with Gasteiger partial charge in [-0.15, -0.1) is 6.42 Å². The van der Waals surface area contributed by atoms with E-state index < -0.39 is 5.60 Å². The number of carbonyl (C=O) groups is 1. The standard InChI is InChI=1S/C20H22O2/c1-3-20(22)11-9-18-17-6-4-13-12-14(21)5-7-15(13)16(17)8-10-19(18,20)2/h1,12,22H,4-11H2,2H3/t19-,20-/m0/s1. The second kappa shape index (κ2) is 4.46. The van der Waals surface area contributed by atoms with Crippen LogP contribution in [0.25, 0.3) is 0 Å². The normalized spacial score (nSPS) is 37.3. The molecular formula is C20H22O2. The van der Waals surface area contributed by atoms with Crippen LogP contribution in [-0.2, 0) is 4.79 Å². The van der Waals surface area contributed by atoms with Crippen molar-refractivity contribution >= 4 is 5.78 Å². The first-order valence-corrected chi connectivity index (χ1v) is 8.37. The molecule has 0 saturated heterocycles. The van der Waals surface area contributed by atoms with E-state index in [0.29, 0.717) is 12.8 Å². The minimum absolute atomic E-state index is 0.257. The van der Waals surface area contributed by atoms with Gasteiger partial charge in [-0.05, 0) is 73.3 Å². The van der Waals surface area contributed by atoms with Gasteiger partial charge in [-0.25, -0.2) is 0 Å². The van der Waals surface area contributed by atoms with Gasteiger partial charge in [0, 0.05) is 11.8 Å². The maximum absolute atomic E-state index is 11.7. The lowest BCUT2D eigenvalue weighted by Crippen LogP contribution is -2.43. The predicted octanol–water partition coefficient (Wildman–Crippen LogP) is 3.62. The molecule has 4 aliphatic rings. The minimum Gasteiger partial charge on any atom is -0.377 e. The average molecular weight is 294 g/mol. The van der Waals surface area contributed by atoms with Gasteiger partial charge >= 0.3 is 0 Å². The van der Waals surface area contributed by atoms with Crippen LogP contribution in [0.4, 0.5) is 0 Å². The molecule has 0 aromatic carbocycles. The zero-order chi connectivity index (χ0) is 15.5. The second-order valence-electron chi connectivity index (χ2n) is 7.39. The fourth-order valence-electron chi connectivity index (χ4n) is 5.11. The topological polar surface area (TPSA) is 37.3 Å². The Morgan fingerprint density at radius 1 is 1.05 bits per heavy atom. The molecule has 1 N–H and O–H groups in total. The van der Waals surface area contributed by atoms with Crippen LogP contribution in [0, 0.1) is 17.8 Å². The summed E-state index contributed by atoms with van der Waals surface area (Å²) in [5, 5.41) is 10.9. The number of hydrogen-bond donors (Lipinski definition) is 1. The van der Waals surface area contributed by atoms with E-state index in [1.54, 1.807) is 0 Å². The van der Waals surface area contributed by atoms with Crippen LogP contribution in [0.1, 0.15) is 58.3 Å². The van der Waals surface area contributed by atoms with Crippen LogP contribution in [0.3, 0.4) is 0 Å². The molecule has 4 rings (SSSR count). The zero-order valence-electron chi connectivity index (χ0n) is 13.2. The Morgan fingerprint density at radius 3 is 2.59 bits per heavy atom. The van der Waals surface area contributed by atoms with Crippen LogP contribution in [-0.4, -0.2) is 16.5 Å². The summed E-state index contributed by atoms with van der Waals surface area (Å²) >= 11 is 0. The van der Waals surface area contributed by atoms with Crippen molar-refractivity contribution in [1.29, 1.82) is 0 Å². The van der Waals surface area contributed by atoms with Crippen molar-refractivity contribution in [2.45, 2.75) is 63.9 Å². The molecule has 1 saturated carbocycles. The van der Waals surface area contributed by atoms with Crippen LogP contribution >= 0.6 is 0 Å². The van der Waals surface area contributed by atoms with Gasteiger partial charge < -0.3 is 5.11 Å². The maximum Gasteiger partial charge on any atom is 0.156 e. The molecule has 0 heterocycles. The summed E-state index contributed by atoms with van der Waals surface area (Å²) in [5.74, 6) is 2.96. The molecule has 0 aromatic heterocycles. The molecule has 0 radical (unpaired) electrons. The highest BCUT2D eigenvalue weighted by Gasteiger charge is 2.55. The van der Waals surface area contributed by atoms with Gasteiger partial charge in [-0.3, -0.25) is 4.79 Å². The Morgan fingerprint density at radius 2 is 1.82 bits per heavy atom. The third-order valence-corrected chi connectivity index (χ3v) is 6.51. The number of carbonyl (C=O) groups excluding carboxylic acids is 1. The highest BCUT2D eigenvalue weighted by atomic mass is 16.3. The highest BCUT2D eigenvalue weighted by molar-refractivity contribution is 5.93. The van der Waals surface area contributed by atoms with E-state index in [-0.39, 0.29) is 11.2 Å². The van der Waals surface area contributed by atoms with E-state index >= 15 is 0 Å². The van der Waals surface area contributed by atoms with E-state index in [1.807, 2.05) is 6.08 Å². The molecule has 2 heteroatoms. The molecule has 0 unspecified atom stereocenters. The monoisotopic (exact) mass is 294 g/mol. The molecule has 0 aliphatic heterocycles. The van der Waals surface area contributed by atoms with E-state index in [4.69, 9.17) is 6.42 Å². The van der Waals surface area contributed by atoms with Crippen LogP contribution < -0.4 is 0 Å². The highest BCUT2D eigenvalue weighted by Crippen LogP contribution is 2.60. The Labute approximate surface area is 132 Å². The quantitative estimate of drug-likeness (QED) is 0.693. The third kappa shape index (κ3) is 1.64. The molecule has 4 aliphatic carbocycles. The molecule has 0 bridgehead atoms. The number of rotatable bonds is 0. The first-order chi connectivity index (χ1) is 10.5. The van der Waals surface area contributed by atoms with Crippen molar-refractivity contribution in [3.05, 3.63) is 33.9 Å². The lowest BCUT2D eigenvalue weighted by molar-refractivity contribution is -0.114. The summed E-state index contributed by atoms with van der Waals surface area (Å²) in [6, 6.07) is 0. The molecule has 22 heavy (non-hydrogen) atoms. The van der Waals surface area contributed by atoms with E-state index in [1.165, 1.54) is 27.9 Å². The summed E-state index contributed by atoms with van der Waals surface area (Å²) in [5.41, 5.74) is 5.78. The zero-order valence-corrected chi connectivity index (χ0v) is 13.2. The molecule has 0 amide bonds. The van der Waals surface area contributed by atoms with Crippen molar-refractivity contribution in [3.63, 3.8) is 0 Å².